The fraction of sp³-hybridized carbons (Fsp3) is 0.261. The second kappa shape index (κ2) is 8.36. The topological polar surface area (TPSA) is 60.9 Å². The molecule has 0 aliphatic carbocycles. The van der Waals surface area contributed by atoms with E-state index < -0.39 is 11.1 Å². The molecule has 0 radical (unpaired) electrons. The van der Waals surface area contributed by atoms with Crippen LogP contribution in [-0.4, -0.2) is 54.0 Å². The van der Waals surface area contributed by atoms with Crippen molar-refractivity contribution in [2.75, 3.05) is 32.1 Å². The summed E-state index contributed by atoms with van der Waals surface area (Å²) in [5, 5.41) is -0.401. The standard InChI is InChI=1S/C23H23N3O3S/c1-24(2)19-9-7-16(8-10-19)13-20-22(28)26(23(29)30-20)15-21(27)25-12-11-17-5-3-4-6-18(17)14-25/h3-10,13H,11-12,14-15H2,1-2H3/b20-13-. The van der Waals surface area contributed by atoms with Gasteiger partial charge in [-0.2, -0.15) is 0 Å². The van der Waals surface area contributed by atoms with E-state index in [0.29, 0.717) is 18.0 Å². The van der Waals surface area contributed by atoms with Gasteiger partial charge in [0, 0.05) is 32.9 Å². The summed E-state index contributed by atoms with van der Waals surface area (Å²) >= 11 is 0.882. The molecule has 2 aliphatic heterocycles. The molecule has 0 aromatic heterocycles. The van der Waals surface area contributed by atoms with Gasteiger partial charge in [0.1, 0.15) is 6.54 Å². The summed E-state index contributed by atoms with van der Waals surface area (Å²) in [6.07, 6.45) is 2.48. The van der Waals surface area contributed by atoms with Crippen LogP contribution in [0.2, 0.25) is 0 Å². The highest BCUT2D eigenvalue weighted by atomic mass is 32.2. The maximum absolute atomic E-state index is 12.8. The maximum Gasteiger partial charge on any atom is 0.294 e. The lowest BCUT2D eigenvalue weighted by molar-refractivity contribution is -0.136. The van der Waals surface area contributed by atoms with E-state index >= 15 is 0 Å². The third-order valence-corrected chi connectivity index (χ3v) is 6.26. The number of imide groups is 1. The highest BCUT2D eigenvalue weighted by Crippen LogP contribution is 2.32. The van der Waals surface area contributed by atoms with Crippen LogP contribution in [0.1, 0.15) is 16.7 Å². The minimum absolute atomic E-state index is 0.205. The van der Waals surface area contributed by atoms with Crippen molar-refractivity contribution in [3.63, 3.8) is 0 Å². The Morgan fingerprint density at radius 2 is 1.77 bits per heavy atom. The average molecular weight is 422 g/mol. The van der Waals surface area contributed by atoms with Crippen LogP contribution in [0.25, 0.3) is 6.08 Å². The summed E-state index contributed by atoms with van der Waals surface area (Å²) in [4.78, 5) is 43.0. The third-order valence-electron chi connectivity index (χ3n) is 5.36. The number of hydrogen-bond acceptors (Lipinski definition) is 5. The third kappa shape index (κ3) is 4.11. The van der Waals surface area contributed by atoms with E-state index in [1.807, 2.05) is 61.5 Å². The number of anilines is 1. The normalized spacial score (nSPS) is 17.5. The lowest BCUT2D eigenvalue weighted by atomic mass is 10.00. The highest BCUT2D eigenvalue weighted by Gasteiger charge is 2.37. The lowest BCUT2D eigenvalue weighted by Gasteiger charge is -2.29. The van der Waals surface area contributed by atoms with Crippen molar-refractivity contribution in [1.29, 1.82) is 0 Å². The molecule has 6 nitrogen and oxygen atoms in total. The Morgan fingerprint density at radius 1 is 1.07 bits per heavy atom. The van der Waals surface area contributed by atoms with Gasteiger partial charge in [0.2, 0.25) is 5.91 Å². The molecule has 0 unspecified atom stereocenters. The van der Waals surface area contributed by atoms with Gasteiger partial charge in [0.05, 0.1) is 4.91 Å². The van der Waals surface area contributed by atoms with E-state index in [2.05, 4.69) is 6.07 Å². The molecule has 2 heterocycles. The van der Waals surface area contributed by atoms with Crippen molar-refractivity contribution < 1.29 is 14.4 Å². The quantitative estimate of drug-likeness (QED) is 0.709. The fourth-order valence-electron chi connectivity index (χ4n) is 3.60. The Morgan fingerprint density at radius 3 is 2.47 bits per heavy atom. The molecule has 0 bridgehead atoms. The molecular weight excluding hydrogens is 398 g/mol. The molecule has 0 saturated carbocycles. The fourth-order valence-corrected chi connectivity index (χ4v) is 4.44. The van der Waals surface area contributed by atoms with Crippen molar-refractivity contribution in [3.8, 4) is 0 Å². The predicted octanol–water partition coefficient (Wildman–Crippen LogP) is 3.37. The summed E-state index contributed by atoms with van der Waals surface area (Å²) in [5.41, 5.74) is 4.25. The first-order chi connectivity index (χ1) is 14.4. The molecule has 3 amide bonds. The first kappa shape index (κ1) is 20.2. The Labute approximate surface area is 180 Å². The Kier molecular flexibility index (Phi) is 5.63. The molecule has 30 heavy (non-hydrogen) atoms. The summed E-state index contributed by atoms with van der Waals surface area (Å²) in [6.45, 7) is 0.892. The average Bonchev–Trinajstić information content (AvgIpc) is 3.01. The summed E-state index contributed by atoms with van der Waals surface area (Å²) in [7, 11) is 3.91. The molecule has 2 aromatic carbocycles. The smallest absolute Gasteiger partial charge is 0.294 e. The predicted molar refractivity (Wildman–Crippen MR) is 119 cm³/mol. The summed E-state index contributed by atoms with van der Waals surface area (Å²) < 4.78 is 0. The number of nitrogens with zero attached hydrogens (tertiary/aromatic N) is 3. The van der Waals surface area contributed by atoms with Gasteiger partial charge in [0.15, 0.2) is 0 Å². The molecule has 154 valence electrons. The van der Waals surface area contributed by atoms with Crippen LogP contribution >= 0.6 is 11.8 Å². The SMILES string of the molecule is CN(C)c1ccc(/C=C2\SC(=O)N(CC(=O)N3CCc4ccccc4C3)C2=O)cc1. The molecule has 7 heteroatoms. The monoisotopic (exact) mass is 421 g/mol. The number of carbonyl (C=O) groups is 3. The van der Waals surface area contributed by atoms with Crippen LogP contribution < -0.4 is 4.90 Å². The number of rotatable bonds is 4. The molecule has 4 rings (SSSR count). The lowest BCUT2D eigenvalue weighted by Crippen LogP contribution is -2.44. The van der Waals surface area contributed by atoms with Crippen LogP contribution in [0.15, 0.2) is 53.4 Å². The van der Waals surface area contributed by atoms with Crippen molar-refractivity contribution in [3.05, 3.63) is 70.1 Å². The second-order valence-corrected chi connectivity index (χ2v) is 8.58. The van der Waals surface area contributed by atoms with E-state index in [0.717, 1.165) is 39.9 Å². The molecule has 0 spiro atoms. The molecule has 0 atom stereocenters. The van der Waals surface area contributed by atoms with E-state index in [4.69, 9.17) is 0 Å². The maximum atomic E-state index is 12.8. The van der Waals surface area contributed by atoms with Crippen LogP contribution in [0.5, 0.6) is 0 Å². The van der Waals surface area contributed by atoms with Crippen molar-refractivity contribution in [1.82, 2.24) is 9.80 Å². The Hall–Kier alpha value is -3.06. The molecule has 0 N–H and O–H groups in total. The van der Waals surface area contributed by atoms with E-state index in [9.17, 15) is 14.4 Å². The van der Waals surface area contributed by atoms with Gasteiger partial charge < -0.3 is 9.80 Å². The minimum atomic E-state index is -0.410. The van der Waals surface area contributed by atoms with Gasteiger partial charge in [-0.3, -0.25) is 19.3 Å². The van der Waals surface area contributed by atoms with Crippen molar-refractivity contribution in [2.45, 2.75) is 13.0 Å². The van der Waals surface area contributed by atoms with E-state index in [-0.39, 0.29) is 12.5 Å². The minimum Gasteiger partial charge on any atom is -0.378 e. The second-order valence-electron chi connectivity index (χ2n) is 7.59. The first-order valence-electron chi connectivity index (χ1n) is 9.79. The van der Waals surface area contributed by atoms with Crippen LogP contribution in [-0.2, 0) is 22.6 Å². The number of thioether (sulfide) groups is 1. The van der Waals surface area contributed by atoms with Gasteiger partial charge in [0.25, 0.3) is 11.1 Å². The van der Waals surface area contributed by atoms with Gasteiger partial charge in [-0.05, 0) is 53.1 Å². The van der Waals surface area contributed by atoms with Crippen LogP contribution in [0.4, 0.5) is 10.5 Å². The van der Waals surface area contributed by atoms with Gasteiger partial charge >= 0.3 is 0 Å². The molecular formula is C23H23N3O3S. The van der Waals surface area contributed by atoms with Gasteiger partial charge in [-0.1, -0.05) is 36.4 Å². The van der Waals surface area contributed by atoms with Crippen LogP contribution in [0.3, 0.4) is 0 Å². The van der Waals surface area contributed by atoms with E-state index in [1.54, 1.807) is 11.0 Å². The van der Waals surface area contributed by atoms with Gasteiger partial charge in [-0.25, -0.2) is 0 Å². The van der Waals surface area contributed by atoms with Crippen molar-refractivity contribution in [2.24, 2.45) is 0 Å². The number of carbonyl (C=O) groups excluding carboxylic acids is 3. The van der Waals surface area contributed by atoms with Crippen LogP contribution in [0, 0.1) is 0 Å². The molecule has 2 aromatic rings. The zero-order valence-corrected chi connectivity index (χ0v) is 17.8. The Balaban J connectivity index is 1.43. The largest absolute Gasteiger partial charge is 0.378 e. The zero-order chi connectivity index (χ0) is 21.3. The molecule has 1 fully saturated rings. The number of hydrogen-bond donors (Lipinski definition) is 0. The number of amides is 3. The number of benzene rings is 2. The van der Waals surface area contributed by atoms with E-state index in [1.165, 1.54) is 5.56 Å². The van der Waals surface area contributed by atoms with Gasteiger partial charge in [-0.15, -0.1) is 0 Å². The van der Waals surface area contributed by atoms with Crippen molar-refractivity contribution >= 4 is 40.6 Å². The summed E-state index contributed by atoms with van der Waals surface area (Å²) in [6, 6.07) is 15.7. The molecule has 1 saturated heterocycles. The first-order valence-corrected chi connectivity index (χ1v) is 10.6. The highest BCUT2D eigenvalue weighted by molar-refractivity contribution is 8.18. The Bertz CT molecular complexity index is 1030. The summed E-state index contributed by atoms with van der Waals surface area (Å²) in [5.74, 6) is -0.615. The molecule has 2 aliphatic rings. The number of fused-ring (bicyclic) bond motifs is 1. The zero-order valence-electron chi connectivity index (χ0n) is 17.0.